The van der Waals surface area contributed by atoms with Crippen molar-refractivity contribution in [2.75, 3.05) is 6.61 Å². The second-order valence-electron chi connectivity index (χ2n) is 2.85. The molecule has 0 spiro atoms. The highest BCUT2D eigenvalue weighted by Gasteiger charge is 1.98. The van der Waals surface area contributed by atoms with Gasteiger partial charge in [-0.1, -0.05) is 0 Å². The number of hydrogen-bond donors (Lipinski definition) is 2. The van der Waals surface area contributed by atoms with Gasteiger partial charge in [-0.2, -0.15) is 0 Å². The van der Waals surface area contributed by atoms with Gasteiger partial charge in [-0.15, -0.1) is 0 Å². The molecule has 3 N–H and O–H groups in total. The molecular weight excluding hydrogens is 168 g/mol. The number of rotatable bonds is 4. The summed E-state index contributed by atoms with van der Waals surface area (Å²) in [5.41, 5.74) is 6.20. The lowest BCUT2D eigenvalue weighted by Crippen LogP contribution is -2.13. The molecule has 72 valence electrons. The Labute approximate surface area is 77.4 Å². The van der Waals surface area contributed by atoms with Gasteiger partial charge < -0.3 is 15.6 Å². The highest BCUT2D eigenvalue weighted by Crippen LogP contribution is 2.08. The number of aliphatic hydroxyl groups is 1. The summed E-state index contributed by atoms with van der Waals surface area (Å²) in [5.74, 6) is 0.651. The van der Waals surface area contributed by atoms with Gasteiger partial charge in [0.15, 0.2) is 0 Å². The topological polar surface area (TPSA) is 68.4 Å². The lowest BCUT2D eigenvalue weighted by molar-refractivity contribution is 0.122. The number of pyridine rings is 1. The van der Waals surface area contributed by atoms with Crippen LogP contribution in [0.4, 0.5) is 0 Å². The molecule has 0 aliphatic heterocycles. The molecule has 1 aromatic rings. The fourth-order valence-corrected chi connectivity index (χ4v) is 0.834. The molecular formula is C9H14N2O2. The Bertz CT molecular complexity index is 246. The summed E-state index contributed by atoms with van der Waals surface area (Å²) in [6.07, 6.45) is 1.14. The predicted octanol–water partition coefficient (Wildman–Crippen LogP) is 0.300. The number of aromatic nitrogens is 1. The molecule has 13 heavy (non-hydrogen) atoms. The van der Waals surface area contributed by atoms with Gasteiger partial charge in [0.2, 0.25) is 0 Å². The number of nitrogens with two attached hydrogens (primary N) is 1. The van der Waals surface area contributed by atoms with Crippen molar-refractivity contribution in [3.63, 3.8) is 0 Å². The van der Waals surface area contributed by atoms with E-state index < -0.39 is 6.10 Å². The van der Waals surface area contributed by atoms with Gasteiger partial charge in [-0.05, 0) is 19.1 Å². The van der Waals surface area contributed by atoms with Crippen LogP contribution in [0.3, 0.4) is 0 Å². The van der Waals surface area contributed by atoms with Gasteiger partial charge in [0, 0.05) is 6.54 Å². The first-order valence-electron chi connectivity index (χ1n) is 4.18. The summed E-state index contributed by atoms with van der Waals surface area (Å²) in [5, 5.41) is 8.95. The highest BCUT2D eigenvalue weighted by atomic mass is 16.5. The van der Waals surface area contributed by atoms with Crippen LogP contribution in [0, 0.1) is 0 Å². The molecule has 4 nitrogen and oxygen atoms in total. The Kier molecular flexibility index (Phi) is 3.67. The van der Waals surface area contributed by atoms with Crippen LogP contribution in [0.1, 0.15) is 12.6 Å². The molecule has 0 aliphatic rings. The lowest BCUT2D eigenvalue weighted by atomic mass is 10.3. The van der Waals surface area contributed by atoms with Crippen LogP contribution in [0.25, 0.3) is 0 Å². The first-order chi connectivity index (χ1) is 6.22. The molecule has 0 saturated heterocycles. The zero-order chi connectivity index (χ0) is 9.68. The van der Waals surface area contributed by atoms with E-state index in [2.05, 4.69) is 4.98 Å². The lowest BCUT2D eigenvalue weighted by Gasteiger charge is -2.07. The SMILES string of the molecule is CC(O)COc1ccc(CN)nc1. The third kappa shape index (κ3) is 3.40. The van der Waals surface area contributed by atoms with Crippen molar-refractivity contribution in [3.05, 3.63) is 24.0 Å². The van der Waals surface area contributed by atoms with E-state index in [9.17, 15) is 0 Å². The van der Waals surface area contributed by atoms with Crippen molar-refractivity contribution in [3.8, 4) is 5.75 Å². The summed E-state index contributed by atoms with van der Waals surface area (Å²) >= 11 is 0. The summed E-state index contributed by atoms with van der Waals surface area (Å²) in [6.45, 7) is 2.38. The van der Waals surface area contributed by atoms with Crippen molar-refractivity contribution in [2.24, 2.45) is 5.73 Å². The molecule has 0 fully saturated rings. The maximum Gasteiger partial charge on any atom is 0.137 e. The van der Waals surface area contributed by atoms with Gasteiger partial charge in [-0.25, -0.2) is 0 Å². The number of hydrogen-bond acceptors (Lipinski definition) is 4. The summed E-state index contributed by atoms with van der Waals surface area (Å²) in [7, 11) is 0. The third-order valence-corrected chi connectivity index (χ3v) is 1.50. The van der Waals surface area contributed by atoms with E-state index in [-0.39, 0.29) is 6.61 Å². The summed E-state index contributed by atoms with van der Waals surface area (Å²) < 4.78 is 5.21. The quantitative estimate of drug-likeness (QED) is 0.702. The van der Waals surface area contributed by atoms with E-state index >= 15 is 0 Å². The minimum atomic E-state index is -0.464. The second kappa shape index (κ2) is 4.79. The van der Waals surface area contributed by atoms with E-state index in [1.54, 1.807) is 25.3 Å². The van der Waals surface area contributed by atoms with E-state index in [1.165, 1.54) is 0 Å². The molecule has 1 aromatic heterocycles. The fraction of sp³-hybridized carbons (Fsp3) is 0.444. The third-order valence-electron chi connectivity index (χ3n) is 1.50. The first kappa shape index (κ1) is 9.95. The molecule has 0 radical (unpaired) electrons. The van der Waals surface area contributed by atoms with Crippen LogP contribution in [0.2, 0.25) is 0 Å². The average molecular weight is 182 g/mol. The van der Waals surface area contributed by atoms with E-state index in [1.807, 2.05) is 0 Å². The van der Waals surface area contributed by atoms with E-state index in [0.29, 0.717) is 12.3 Å². The van der Waals surface area contributed by atoms with Gasteiger partial charge in [0.1, 0.15) is 12.4 Å². The van der Waals surface area contributed by atoms with E-state index in [0.717, 1.165) is 5.69 Å². The molecule has 0 saturated carbocycles. The Morgan fingerprint density at radius 3 is 2.85 bits per heavy atom. The van der Waals surface area contributed by atoms with Crippen molar-refractivity contribution in [1.29, 1.82) is 0 Å². The Morgan fingerprint density at radius 1 is 1.62 bits per heavy atom. The predicted molar refractivity (Wildman–Crippen MR) is 49.3 cm³/mol. The van der Waals surface area contributed by atoms with Crippen LogP contribution in [0.15, 0.2) is 18.3 Å². The smallest absolute Gasteiger partial charge is 0.137 e. The standard InChI is InChI=1S/C9H14N2O2/c1-7(12)6-13-9-3-2-8(4-10)11-5-9/h2-3,5,7,12H,4,6,10H2,1H3. The monoisotopic (exact) mass is 182 g/mol. The van der Waals surface area contributed by atoms with Crippen LogP contribution < -0.4 is 10.5 Å². The molecule has 1 heterocycles. The minimum Gasteiger partial charge on any atom is -0.489 e. The molecule has 1 atom stereocenters. The van der Waals surface area contributed by atoms with Gasteiger partial charge in [0.25, 0.3) is 0 Å². The molecule has 0 aromatic carbocycles. The number of aliphatic hydroxyl groups excluding tert-OH is 1. The molecule has 0 bridgehead atoms. The summed E-state index contributed by atoms with van der Waals surface area (Å²) in [6, 6.07) is 3.59. The average Bonchev–Trinajstić information content (AvgIpc) is 2.15. The Morgan fingerprint density at radius 2 is 2.38 bits per heavy atom. The molecule has 1 unspecified atom stereocenters. The fourth-order valence-electron chi connectivity index (χ4n) is 0.834. The van der Waals surface area contributed by atoms with Crippen LogP contribution in [-0.4, -0.2) is 22.8 Å². The van der Waals surface area contributed by atoms with Crippen molar-refractivity contribution >= 4 is 0 Å². The highest BCUT2D eigenvalue weighted by molar-refractivity contribution is 5.19. The zero-order valence-electron chi connectivity index (χ0n) is 7.60. The maximum atomic E-state index is 8.95. The Balaban J connectivity index is 2.49. The van der Waals surface area contributed by atoms with Crippen LogP contribution in [-0.2, 0) is 6.54 Å². The van der Waals surface area contributed by atoms with Crippen molar-refractivity contribution in [2.45, 2.75) is 19.6 Å². The second-order valence-corrected chi connectivity index (χ2v) is 2.85. The van der Waals surface area contributed by atoms with Gasteiger partial charge in [0.05, 0.1) is 18.0 Å². The molecule has 4 heteroatoms. The first-order valence-corrected chi connectivity index (χ1v) is 4.18. The maximum absolute atomic E-state index is 8.95. The minimum absolute atomic E-state index is 0.281. The zero-order valence-corrected chi connectivity index (χ0v) is 7.60. The largest absolute Gasteiger partial charge is 0.489 e. The normalized spacial score (nSPS) is 12.5. The number of nitrogens with zero attached hydrogens (tertiary/aromatic N) is 1. The number of ether oxygens (including phenoxy) is 1. The van der Waals surface area contributed by atoms with Crippen LogP contribution >= 0.6 is 0 Å². The molecule has 1 rings (SSSR count). The summed E-state index contributed by atoms with van der Waals surface area (Å²) in [4.78, 5) is 4.04. The van der Waals surface area contributed by atoms with Gasteiger partial charge >= 0.3 is 0 Å². The van der Waals surface area contributed by atoms with Crippen LogP contribution in [0.5, 0.6) is 5.75 Å². The van der Waals surface area contributed by atoms with Gasteiger partial charge in [-0.3, -0.25) is 4.98 Å². The van der Waals surface area contributed by atoms with Crippen molar-refractivity contribution < 1.29 is 9.84 Å². The molecule has 0 amide bonds. The van der Waals surface area contributed by atoms with E-state index in [4.69, 9.17) is 15.6 Å². The van der Waals surface area contributed by atoms with Crippen molar-refractivity contribution in [1.82, 2.24) is 4.98 Å². The molecule has 0 aliphatic carbocycles. The Hall–Kier alpha value is -1.13.